The molecule has 0 amide bonds. The standard InChI is InChI=1S/C13H21NO2S2/c1-2-3-11-18(15,16)14-8-6-12(7-9-14)13-5-4-10-17-13/h4-5,10,12H,2-3,6-9,11H2,1H3. The molecule has 1 aliphatic heterocycles. The maximum absolute atomic E-state index is 12.1. The van der Waals surface area contributed by atoms with Crippen molar-refractivity contribution in [2.75, 3.05) is 18.8 Å². The zero-order valence-corrected chi connectivity index (χ0v) is 12.5. The molecule has 1 aliphatic rings. The van der Waals surface area contributed by atoms with E-state index < -0.39 is 10.0 Å². The van der Waals surface area contributed by atoms with Gasteiger partial charge in [0.2, 0.25) is 10.0 Å². The molecule has 0 atom stereocenters. The van der Waals surface area contributed by atoms with Gasteiger partial charge in [-0.25, -0.2) is 12.7 Å². The molecule has 0 saturated carbocycles. The number of sulfonamides is 1. The van der Waals surface area contributed by atoms with E-state index in [2.05, 4.69) is 17.5 Å². The highest BCUT2D eigenvalue weighted by Crippen LogP contribution is 2.31. The van der Waals surface area contributed by atoms with E-state index in [-0.39, 0.29) is 0 Å². The van der Waals surface area contributed by atoms with E-state index in [1.807, 2.05) is 6.92 Å². The van der Waals surface area contributed by atoms with Crippen LogP contribution in [0.1, 0.15) is 43.4 Å². The van der Waals surface area contributed by atoms with Gasteiger partial charge in [0.25, 0.3) is 0 Å². The zero-order valence-electron chi connectivity index (χ0n) is 10.8. The lowest BCUT2D eigenvalue weighted by atomic mass is 9.97. The highest BCUT2D eigenvalue weighted by atomic mass is 32.2. The summed E-state index contributed by atoms with van der Waals surface area (Å²) >= 11 is 1.78. The van der Waals surface area contributed by atoms with Crippen LogP contribution in [0.3, 0.4) is 0 Å². The van der Waals surface area contributed by atoms with Gasteiger partial charge in [0, 0.05) is 18.0 Å². The average molecular weight is 287 g/mol. The van der Waals surface area contributed by atoms with Crippen molar-refractivity contribution in [2.45, 2.75) is 38.5 Å². The highest BCUT2D eigenvalue weighted by Gasteiger charge is 2.28. The quantitative estimate of drug-likeness (QED) is 0.834. The number of piperidine rings is 1. The minimum atomic E-state index is -3.00. The molecule has 0 aliphatic carbocycles. The molecule has 1 saturated heterocycles. The molecular formula is C13H21NO2S2. The van der Waals surface area contributed by atoms with Gasteiger partial charge in [-0.2, -0.15) is 0 Å². The number of nitrogens with zero attached hydrogens (tertiary/aromatic N) is 1. The Morgan fingerprint density at radius 3 is 2.67 bits per heavy atom. The molecule has 2 heterocycles. The fourth-order valence-corrected chi connectivity index (χ4v) is 4.98. The second-order valence-electron chi connectivity index (χ2n) is 4.86. The van der Waals surface area contributed by atoms with Crippen molar-refractivity contribution in [3.8, 4) is 0 Å². The molecular weight excluding hydrogens is 266 g/mol. The van der Waals surface area contributed by atoms with Crippen molar-refractivity contribution in [1.29, 1.82) is 0 Å². The Morgan fingerprint density at radius 1 is 1.39 bits per heavy atom. The molecule has 2 rings (SSSR count). The summed E-state index contributed by atoms with van der Waals surface area (Å²) < 4.78 is 25.8. The molecule has 1 aromatic rings. The monoisotopic (exact) mass is 287 g/mol. The first-order valence-corrected chi connectivity index (χ1v) is 9.13. The molecule has 1 aromatic heterocycles. The summed E-state index contributed by atoms with van der Waals surface area (Å²) in [4.78, 5) is 1.40. The van der Waals surface area contributed by atoms with Crippen molar-refractivity contribution < 1.29 is 8.42 Å². The lowest BCUT2D eigenvalue weighted by Gasteiger charge is -2.30. The Balaban J connectivity index is 1.90. The Hall–Kier alpha value is -0.390. The van der Waals surface area contributed by atoms with Gasteiger partial charge < -0.3 is 0 Å². The number of rotatable bonds is 5. The van der Waals surface area contributed by atoms with Crippen molar-refractivity contribution in [3.05, 3.63) is 22.4 Å². The van der Waals surface area contributed by atoms with Crippen LogP contribution in [0, 0.1) is 0 Å². The normalized spacial score (nSPS) is 19.2. The Bertz CT molecular complexity index is 445. The third-order valence-electron chi connectivity index (χ3n) is 3.55. The van der Waals surface area contributed by atoms with Crippen LogP contribution in [0.15, 0.2) is 17.5 Å². The molecule has 0 aromatic carbocycles. The summed E-state index contributed by atoms with van der Waals surface area (Å²) in [6, 6.07) is 4.24. The predicted octanol–water partition coefficient (Wildman–Crippen LogP) is 3.06. The van der Waals surface area contributed by atoms with Crippen LogP contribution in [0.5, 0.6) is 0 Å². The van der Waals surface area contributed by atoms with Crippen LogP contribution >= 0.6 is 11.3 Å². The van der Waals surface area contributed by atoms with E-state index in [1.54, 1.807) is 15.6 Å². The summed E-state index contributed by atoms with van der Waals surface area (Å²) in [6.45, 7) is 3.40. The van der Waals surface area contributed by atoms with Crippen molar-refractivity contribution >= 4 is 21.4 Å². The first-order chi connectivity index (χ1) is 8.63. The molecule has 0 spiro atoms. The van der Waals surface area contributed by atoms with Gasteiger partial charge in [-0.15, -0.1) is 11.3 Å². The molecule has 5 heteroatoms. The van der Waals surface area contributed by atoms with E-state index in [0.29, 0.717) is 24.8 Å². The topological polar surface area (TPSA) is 37.4 Å². The van der Waals surface area contributed by atoms with Gasteiger partial charge in [0.15, 0.2) is 0 Å². The van der Waals surface area contributed by atoms with Crippen molar-refractivity contribution in [3.63, 3.8) is 0 Å². The summed E-state index contributed by atoms with van der Waals surface area (Å²) in [5.74, 6) is 0.871. The molecule has 0 unspecified atom stereocenters. The summed E-state index contributed by atoms with van der Waals surface area (Å²) in [6.07, 6.45) is 3.63. The van der Waals surface area contributed by atoms with Gasteiger partial charge in [-0.3, -0.25) is 0 Å². The van der Waals surface area contributed by atoms with E-state index in [4.69, 9.17) is 0 Å². The van der Waals surface area contributed by atoms with Gasteiger partial charge >= 0.3 is 0 Å². The van der Waals surface area contributed by atoms with Crippen LogP contribution < -0.4 is 0 Å². The van der Waals surface area contributed by atoms with Crippen LogP contribution in [-0.4, -0.2) is 31.6 Å². The number of hydrogen-bond donors (Lipinski definition) is 0. The van der Waals surface area contributed by atoms with Gasteiger partial charge in [0.1, 0.15) is 0 Å². The number of unbranched alkanes of at least 4 members (excludes halogenated alkanes) is 1. The smallest absolute Gasteiger partial charge is 0.212 e. The van der Waals surface area contributed by atoms with E-state index >= 15 is 0 Å². The molecule has 0 radical (unpaired) electrons. The molecule has 18 heavy (non-hydrogen) atoms. The number of thiophene rings is 1. The molecule has 102 valence electrons. The molecule has 0 bridgehead atoms. The minimum Gasteiger partial charge on any atom is -0.212 e. The second-order valence-corrected chi connectivity index (χ2v) is 7.93. The first kappa shape index (κ1) is 14.0. The third-order valence-corrected chi connectivity index (χ3v) is 6.54. The molecule has 3 nitrogen and oxygen atoms in total. The zero-order chi connectivity index (χ0) is 13.0. The van der Waals surface area contributed by atoms with E-state index in [1.165, 1.54) is 4.88 Å². The highest BCUT2D eigenvalue weighted by molar-refractivity contribution is 7.89. The maximum atomic E-state index is 12.1. The minimum absolute atomic E-state index is 0.313. The average Bonchev–Trinajstić information content (AvgIpc) is 2.90. The first-order valence-electron chi connectivity index (χ1n) is 6.64. The summed E-state index contributed by atoms with van der Waals surface area (Å²) in [5.41, 5.74) is 0. The maximum Gasteiger partial charge on any atom is 0.214 e. The van der Waals surface area contributed by atoms with E-state index in [0.717, 1.165) is 25.7 Å². The third kappa shape index (κ3) is 3.33. The SMILES string of the molecule is CCCCS(=O)(=O)N1CCC(c2cccs2)CC1. The van der Waals surface area contributed by atoms with Crippen molar-refractivity contribution in [1.82, 2.24) is 4.31 Å². The predicted molar refractivity (Wildman–Crippen MR) is 76.6 cm³/mol. The van der Waals surface area contributed by atoms with Crippen LogP contribution in [0.25, 0.3) is 0 Å². The lowest BCUT2D eigenvalue weighted by Crippen LogP contribution is -2.39. The van der Waals surface area contributed by atoms with Gasteiger partial charge in [-0.05, 0) is 36.6 Å². The Kier molecular flexibility index (Phi) is 4.81. The largest absolute Gasteiger partial charge is 0.214 e. The van der Waals surface area contributed by atoms with Gasteiger partial charge in [0.05, 0.1) is 5.75 Å². The molecule has 1 fully saturated rings. The molecule has 0 N–H and O–H groups in total. The van der Waals surface area contributed by atoms with Crippen LogP contribution in [-0.2, 0) is 10.0 Å². The fourth-order valence-electron chi connectivity index (χ4n) is 2.40. The van der Waals surface area contributed by atoms with Crippen molar-refractivity contribution in [2.24, 2.45) is 0 Å². The van der Waals surface area contributed by atoms with E-state index in [9.17, 15) is 8.42 Å². The van der Waals surface area contributed by atoms with Crippen LogP contribution in [0.2, 0.25) is 0 Å². The Labute approximate surface area is 114 Å². The fraction of sp³-hybridized carbons (Fsp3) is 0.692. The van der Waals surface area contributed by atoms with Crippen LogP contribution in [0.4, 0.5) is 0 Å². The van der Waals surface area contributed by atoms with Gasteiger partial charge in [-0.1, -0.05) is 19.4 Å². The summed E-state index contributed by atoms with van der Waals surface area (Å²) in [5, 5.41) is 2.10. The number of hydrogen-bond acceptors (Lipinski definition) is 3. The second kappa shape index (κ2) is 6.17. The summed E-state index contributed by atoms with van der Waals surface area (Å²) in [7, 11) is -3.00. The Morgan fingerprint density at radius 2 is 2.11 bits per heavy atom. The lowest BCUT2D eigenvalue weighted by molar-refractivity contribution is 0.321.